The van der Waals surface area contributed by atoms with Gasteiger partial charge in [-0.2, -0.15) is 0 Å². The van der Waals surface area contributed by atoms with Gasteiger partial charge in [-0.05, 0) is 41.5 Å². The summed E-state index contributed by atoms with van der Waals surface area (Å²) >= 11 is 0. The Kier molecular flexibility index (Phi) is 4.14. The molecule has 3 nitrogen and oxygen atoms in total. The van der Waals surface area contributed by atoms with Crippen LogP contribution in [0.1, 0.15) is 17.5 Å². The number of hydrogen-bond acceptors (Lipinski definition) is 3. The van der Waals surface area contributed by atoms with Gasteiger partial charge in [0.2, 0.25) is 0 Å². The third-order valence-electron chi connectivity index (χ3n) is 5.06. The summed E-state index contributed by atoms with van der Waals surface area (Å²) < 4.78 is 0. The zero-order chi connectivity index (χ0) is 17.2. The second kappa shape index (κ2) is 6.60. The zero-order valence-electron chi connectivity index (χ0n) is 14.6. The molecule has 2 heterocycles. The molecule has 126 valence electrons. The van der Waals surface area contributed by atoms with Crippen LogP contribution in [0.4, 0.5) is 0 Å². The van der Waals surface area contributed by atoms with E-state index in [1.165, 1.54) is 27.5 Å². The molecule has 0 bridgehead atoms. The van der Waals surface area contributed by atoms with Crippen molar-refractivity contribution in [3.05, 3.63) is 78.3 Å². The molecule has 0 fully saturated rings. The van der Waals surface area contributed by atoms with Gasteiger partial charge in [0.05, 0.1) is 11.5 Å². The van der Waals surface area contributed by atoms with E-state index < -0.39 is 0 Å². The molecule has 0 aliphatic carbocycles. The minimum Gasteiger partial charge on any atom is -0.375 e. The third kappa shape index (κ3) is 2.98. The van der Waals surface area contributed by atoms with Gasteiger partial charge >= 0.3 is 0 Å². The first-order valence-corrected chi connectivity index (χ1v) is 8.84. The van der Waals surface area contributed by atoms with Crippen molar-refractivity contribution < 1.29 is 0 Å². The molecule has 0 atom stereocenters. The highest BCUT2D eigenvalue weighted by molar-refractivity contribution is 5.94. The van der Waals surface area contributed by atoms with E-state index in [2.05, 4.69) is 70.3 Å². The maximum Gasteiger partial charge on any atom is 0.0939 e. The van der Waals surface area contributed by atoms with Gasteiger partial charge in [0, 0.05) is 37.3 Å². The fourth-order valence-electron chi connectivity index (χ4n) is 3.65. The second-order valence-electron chi connectivity index (χ2n) is 6.59. The lowest BCUT2D eigenvalue weighted by Crippen LogP contribution is -2.28. The van der Waals surface area contributed by atoms with Gasteiger partial charge < -0.3 is 10.2 Å². The number of aromatic nitrogens is 1. The van der Waals surface area contributed by atoms with Gasteiger partial charge in [0.25, 0.3) is 0 Å². The molecule has 0 spiro atoms. The van der Waals surface area contributed by atoms with E-state index in [4.69, 9.17) is 0 Å². The topological polar surface area (TPSA) is 28.2 Å². The summed E-state index contributed by atoms with van der Waals surface area (Å²) in [6, 6.07) is 17.3. The average Bonchev–Trinajstić information content (AvgIpc) is 2.88. The maximum atomic E-state index is 4.68. The molecule has 1 aromatic heterocycles. The Hall–Kier alpha value is -2.81. The van der Waals surface area contributed by atoms with Crippen LogP contribution in [0.15, 0.2) is 67.1 Å². The van der Waals surface area contributed by atoms with Gasteiger partial charge in [-0.1, -0.05) is 43.0 Å². The SMILES string of the molecule is C=C(NC)N1CCCc2ccc(-c3nccc4ccccc34)cc2C1. The van der Waals surface area contributed by atoms with E-state index >= 15 is 0 Å². The number of rotatable bonds is 3. The summed E-state index contributed by atoms with van der Waals surface area (Å²) in [5.74, 6) is 0.988. The lowest BCUT2D eigenvalue weighted by molar-refractivity contribution is 0.324. The first kappa shape index (κ1) is 15.7. The summed E-state index contributed by atoms with van der Waals surface area (Å²) in [5.41, 5.74) is 5.06. The highest BCUT2D eigenvalue weighted by Crippen LogP contribution is 2.30. The smallest absolute Gasteiger partial charge is 0.0939 e. The Morgan fingerprint density at radius 3 is 2.88 bits per heavy atom. The average molecular weight is 329 g/mol. The van der Waals surface area contributed by atoms with Crippen molar-refractivity contribution in [2.75, 3.05) is 13.6 Å². The monoisotopic (exact) mass is 329 g/mol. The molecule has 1 N–H and O–H groups in total. The molecule has 0 amide bonds. The molecule has 4 rings (SSSR count). The molecule has 1 aliphatic heterocycles. The van der Waals surface area contributed by atoms with Crippen molar-refractivity contribution in [2.24, 2.45) is 0 Å². The Bertz CT molecular complexity index is 924. The number of pyridine rings is 1. The Balaban J connectivity index is 1.78. The van der Waals surface area contributed by atoms with Crippen LogP contribution in [0.2, 0.25) is 0 Å². The largest absolute Gasteiger partial charge is 0.375 e. The summed E-state index contributed by atoms with van der Waals surface area (Å²) in [5, 5.41) is 5.62. The quantitative estimate of drug-likeness (QED) is 0.775. The summed E-state index contributed by atoms with van der Waals surface area (Å²) in [6.07, 6.45) is 4.17. The van der Waals surface area contributed by atoms with Crippen LogP contribution >= 0.6 is 0 Å². The van der Waals surface area contributed by atoms with E-state index in [0.717, 1.165) is 37.4 Å². The van der Waals surface area contributed by atoms with Crippen LogP contribution in [-0.4, -0.2) is 23.5 Å². The Labute approximate surface area is 149 Å². The van der Waals surface area contributed by atoms with Crippen molar-refractivity contribution in [3.63, 3.8) is 0 Å². The van der Waals surface area contributed by atoms with Crippen molar-refractivity contribution in [1.82, 2.24) is 15.2 Å². The standard InChI is InChI=1S/C22H23N3/c1-16(23-2)25-13-5-7-17-9-10-19(14-20(17)15-25)22-21-8-4-3-6-18(21)11-12-24-22/h3-4,6,8-12,14,23H,1,5,7,13,15H2,2H3. The molecule has 1 aliphatic rings. The first-order valence-electron chi connectivity index (χ1n) is 8.84. The Morgan fingerprint density at radius 2 is 2.00 bits per heavy atom. The second-order valence-corrected chi connectivity index (χ2v) is 6.59. The number of fused-ring (bicyclic) bond motifs is 2. The number of nitrogens with one attached hydrogen (secondary N) is 1. The molecule has 0 unspecified atom stereocenters. The van der Waals surface area contributed by atoms with E-state index in [0.29, 0.717) is 0 Å². The van der Waals surface area contributed by atoms with Gasteiger partial charge in [-0.15, -0.1) is 0 Å². The molecular formula is C22H23N3. The number of benzene rings is 2. The normalized spacial score (nSPS) is 14.0. The summed E-state index contributed by atoms with van der Waals surface area (Å²) in [4.78, 5) is 7.00. The van der Waals surface area contributed by atoms with E-state index in [1.807, 2.05) is 13.2 Å². The molecular weight excluding hydrogens is 306 g/mol. The lowest BCUT2D eigenvalue weighted by atomic mass is 9.97. The van der Waals surface area contributed by atoms with Crippen LogP contribution in [-0.2, 0) is 13.0 Å². The highest BCUT2D eigenvalue weighted by Gasteiger charge is 2.16. The molecule has 3 aromatic rings. The van der Waals surface area contributed by atoms with E-state index in [-0.39, 0.29) is 0 Å². The number of nitrogens with zero attached hydrogens (tertiary/aromatic N) is 2. The maximum absolute atomic E-state index is 4.68. The summed E-state index contributed by atoms with van der Waals surface area (Å²) in [7, 11) is 1.94. The molecule has 0 saturated carbocycles. The van der Waals surface area contributed by atoms with Gasteiger partial charge in [0.15, 0.2) is 0 Å². The van der Waals surface area contributed by atoms with Gasteiger partial charge in [-0.25, -0.2) is 0 Å². The fourth-order valence-corrected chi connectivity index (χ4v) is 3.65. The Morgan fingerprint density at radius 1 is 1.12 bits per heavy atom. The third-order valence-corrected chi connectivity index (χ3v) is 5.06. The molecule has 25 heavy (non-hydrogen) atoms. The minimum atomic E-state index is 0.896. The fraction of sp³-hybridized carbons (Fsp3) is 0.227. The number of aryl methyl sites for hydroxylation is 1. The van der Waals surface area contributed by atoms with Crippen LogP contribution in [0.25, 0.3) is 22.0 Å². The van der Waals surface area contributed by atoms with Crippen LogP contribution in [0, 0.1) is 0 Å². The van der Waals surface area contributed by atoms with Crippen LogP contribution < -0.4 is 5.32 Å². The molecule has 0 saturated heterocycles. The van der Waals surface area contributed by atoms with E-state index in [9.17, 15) is 0 Å². The molecule has 3 heteroatoms. The molecule has 0 radical (unpaired) electrons. The van der Waals surface area contributed by atoms with Crippen LogP contribution in [0.5, 0.6) is 0 Å². The van der Waals surface area contributed by atoms with Gasteiger partial charge in [0.1, 0.15) is 0 Å². The zero-order valence-corrected chi connectivity index (χ0v) is 14.6. The first-order chi connectivity index (χ1) is 12.3. The summed E-state index contributed by atoms with van der Waals surface area (Å²) in [6.45, 7) is 6.07. The lowest BCUT2D eigenvalue weighted by Gasteiger charge is -2.25. The highest BCUT2D eigenvalue weighted by atomic mass is 15.2. The van der Waals surface area contributed by atoms with E-state index in [1.54, 1.807) is 0 Å². The number of hydrogen-bond donors (Lipinski definition) is 1. The van der Waals surface area contributed by atoms with Crippen molar-refractivity contribution in [2.45, 2.75) is 19.4 Å². The molecule has 2 aromatic carbocycles. The predicted octanol–water partition coefficient (Wildman–Crippen LogP) is 4.34. The predicted molar refractivity (Wildman–Crippen MR) is 104 cm³/mol. The minimum absolute atomic E-state index is 0.896. The van der Waals surface area contributed by atoms with Crippen molar-refractivity contribution >= 4 is 10.8 Å². The van der Waals surface area contributed by atoms with Crippen molar-refractivity contribution in [1.29, 1.82) is 0 Å². The van der Waals surface area contributed by atoms with Crippen molar-refractivity contribution in [3.8, 4) is 11.3 Å². The van der Waals surface area contributed by atoms with Gasteiger partial charge in [-0.3, -0.25) is 4.98 Å². The van der Waals surface area contributed by atoms with Crippen LogP contribution in [0.3, 0.4) is 0 Å².